The zero-order valence-corrected chi connectivity index (χ0v) is 22.3. The maximum absolute atomic E-state index is 12.8. The fourth-order valence-electron chi connectivity index (χ4n) is 5.14. The summed E-state index contributed by atoms with van der Waals surface area (Å²) < 4.78 is 60.8. The van der Waals surface area contributed by atoms with Crippen LogP contribution in [0.3, 0.4) is 0 Å². The van der Waals surface area contributed by atoms with Gasteiger partial charge in [0.25, 0.3) is 21.7 Å². The molecule has 3 aromatic rings. The molecule has 2 aromatic carbocycles. The van der Waals surface area contributed by atoms with Gasteiger partial charge >= 0.3 is 0 Å². The molecule has 0 amide bonds. The SMILES string of the molecule is Cc1ccc(S(=O)(=O)OC[C@H]2O[C@@H](OCc3noc(-c4ccc([N+](=O)[O-])cc4)n3)[C@@H]3OC4(CCCC4)O[C@@H]32)cc1. The molecule has 6 rings (SSSR count). The Morgan fingerprint density at radius 1 is 1.05 bits per heavy atom. The molecule has 212 valence electrons. The predicted molar refractivity (Wildman–Crippen MR) is 135 cm³/mol. The Bertz CT molecular complexity index is 1470. The first-order valence-electron chi connectivity index (χ1n) is 12.9. The van der Waals surface area contributed by atoms with E-state index in [1.807, 2.05) is 6.92 Å². The van der Waals surface area contributed by atoms with E-state index in [-0.39, 0.29) is 35.5 Å². The molecule has 0 N–H and O–H groups in total. The van der Waals surface area contributed by atoms with E-state index < -0.39 is 45.4 Å². The third-order valence-electron chi connectivity index (χ3n) is 7.20. The van der Waals surface area contributed by atoms with Crippen LogP contribution in [0.2, 0.25) is 0 Å². The summed E-state index contributed by atoms with van der Waals surface area (Å²) in [5.41, 5.74) is 1.40. The summed E-state index contributed by atoms with van der Waals surface area (Å²) in [6.07, 6.45) is 0.549. The molecule has 1 aromatic heterocycles. The second-order valence-electron chi connectivity index (χ2n) is 10.0. The van der Waals surface area contributed by atoms with Crippen LogP contribution < -0.4 is 0 Å². The van der Waals surface area contributed by atoms with Gasteiger partial charge in [-0.05, 0) is 44.0 Å². The van der Waals surface area contributed by atoms with Crippen molar-refractivity contribution in [3.8, 4) is 11.5 Å². The first-order chi connectivity index (χ1) is 19.2. The number of nitro groups is 1. The molecule has 13 nitrogen and oxygen atoms in total. The van der Waals surface area contributed by atoms with Gasteiger partial charge in [-0.1, -0.05) is 22.9 Å². The highest BCUT2D eigenvalue weighted by Gasteiger charge is 2.59. The molecule has 1 aliphatic carbocycles. The van der Waals surface area contributed by atoms with Crippen molar-refractivity contribution in [2.45, 2.75) is 74.5 Å². The van der Waals surface area contributed by atoms with Gasteiger partial charge in [-0.2, -0.15) is 13.4 Å². The van der Waals surface area contributed by atoms with E-state index in [0.29, 0.717) is 5.56 Å². The Hall–Kier alpha value is -3.27. The van der Waals surface area contributed by atoms with Gasteiger partial charge in [-0.15, -0.1) is 0 Å². The number of benzene rings is 2. The Morgan fingerprint density at radius 2 is 1.75 bits per heavy atom. The van der Waals surface area contributed by atoms with Gasteiger partial charge in [-0.25, -0.2) is 0 Å². The number of rotatable bonds is 9. The molecule has 0 bridgehead atoms. The van der Waals surface area contributed by atoms with Gasteiger partial charge < -0.3 is 23.5 Å². The fraction of sp³-hybridized carbons (Fsp3) is 0.462. The normalized spacial score (nSPS) is 25.4. The number of nitrogens with zero attached hydrogens (tertiary/aromatic N) is 3. The summed E-state index contributed by atoms with van der Waals surface area (Å²) in [5, 5.41) is 14.8. The van der Waals surface area contributed by atoms with E-state index in [0.717, 1.165) is 31.2 Å². The number of nitro benzene ring substituents is 1. The van der Waals surface area contributed by atoms with Crippen molar-refractivity contribution in [3.63, 3.8) is 0 Å². The summed E-state index contributed by atoms with van der Waals surface area (Å²) in [7, 11) is -4.01. The topological polar surface area (TPSA) is 162 Å². The lowest BCUT2D eigenvalue weighted by atomic mass is 10.1. The van der Waals surface area contributed by atoms with E-state index >= 15 is 0 Å². The van der Waals surface area contributed by atoms with Crippen molar-refractivity contribution in [2.75, 3.05) is 6.61 Å². The third kappa shape index (κ3) is 5.38. The second-order valence-corrected chi connectivity index (χ2v) is 11.6. The van der Waals surface area contributed by atoms with Crippen LogP contribution in [0.25, 0.3) is 11.5 Å². The van der Waals surface area contributed by atoms with E-state index in [2.05, 4.69) is 10.1 Å². The average molecular weight is 574 g/mol. The summed E-state index contributed by atoms with van der Waals surface area (Å²) in [5.74, 6) is -0.342. The molecule has 40 heavy (non-hydrogen) atoms. The highest BCUT2D eigenvalue weighted by Crippen LogP contribution is 2.47. The minimum Gasteiger partial charge on any atom is -0.342 e. The molecule has 4 atom stereocenters. The van der Waals surface area contributed by atoms with Crippen molar-refractivity contribution >= 4 is 15.8 Å². The molecule has 0 radical (unpaired) electrons. The van der Waals surface area contributed by atoms with Crippen molar-refractivity contribution in [2.24, 2.45) is 0 Å². The van der Waals surface area contributed by atoms with Gasteiger partial charge in [-0.3, -0.25) is 14.3 Å². The number of aryl methyl sites for hydroxylation is 1. The maximum Gasteiger partial charge on any atom is 0.297 e. The van der Waals surface area contributed by atoms with Crippen LogP contribution in [0.15, 0.2) is 57.9 Å². The number of hydrogen-bond donors (Lipinski definition) is 0. The van der Waals surface area contributed by atoms with Crippen molar-refractivity contribution in [1.82, 2.24) is 10.1 Å². The van der Waals surface area contributed by atoms with Gasteiger partial charge in [0, 0.05) is 30.5 Å². The van der Waals surface area contributed by atoms with E-state index in [9.17, 15) is 18.5 Å². The molecular formula is C26H27N3O10S. The number of aromatic nitrogens is 2. The standard InChI is InChI=1S/C26H27N3O10S/c1-16-4-10-19(11-5-16)40(32,33)35-14-20-22-23(38-26(37-22)12-2-3-13-26)25(36-20)34-15-21-27-24(39-28-21)17-6-8-18(9-7-17)29(30)31/h4-11,20,22-23,25H,2-3,12-15H2,1H3/t20-,22-,23-,25-/m1/s1. The van der Waals surface area contributed by atoms with Crippen LogP contribution in [0.1, 0.15) is 37.1 Å². The third-order valence-corrected chi connectivity index (χ3v) is 8.50. The summed E-state index contributed by atoms with van der Waals surface area (Å²) >= 11 is 0. The quantitative estimate of drug-likeness (QED) is 0.208. The predicted octanol–water partition coefficient (Wildman–Crippen LogP) is 3.65. The smallest absolute Gasteiger partial charge is 0.297 e. The van der Waals surface area contributed by atoms with Gasteiger partial charge in [0.15, 0.2) is 17.9 Å². The fourth-order valence-corrected chi connectivity index (χ4v) is 6.06. The molecule has 14 heteroatoms. The number of hydrogen-bond acceptors (Lipinski definition) is 12. The van der Waals surface area contributed by atoms with Crippen LogP contribution in [0, 0.1) is 17.0 Å². The number of fused-ring (bicyclic) bond motifs is 1. The van der Waals surface area contributed by atoms with Gasteiger partial charge in [0.1, 0.15) is 24.9 Å². The van der Waals surface area contributed by atoms with Crippen molar-refractivity contribution in [1.29, 1.82) is 0 Å². The summed E-state index contributed by atoms with van der Waals surface area (Å²) in [6, 6.07) is 12.1. The lowest BCUT2D eigenvalue weighted by molar-refractivity contribution is -0.384. The summed E-state index contributed by atoms with van der Waals surface area (Å²) in [4.78, 5) is 14.7. The van der Waals surface area contributed by atoms with Crippen LogP contribution >= 0.6 is 0 Å². The largest absolute Gasteiger partial charge is 0.342 e. The first-order valence-corrected chi connectivity index (χ1v) is 14.3. The minimum absolute atomic E-state index is 0.0521. The molecule has 3 heterocycles. The van der Waals surface area contributed by atoms with Crippen LogP contribution in [-0.4, -0.2) is 60.5 Å². The molecule has 1 saturated carbocycles. The lowest BCUT2D eigenvalue weighted by Gasteiger charge is -2.26. The maximum atomic E-state index is 12.8. The highest BCUT2D eigenvalue weighted by molar-refractivity contribution is 7.86. The minimum atomic E-state index is -4.01. The van der Waals surface area contributed by atoms with Gasteiger partial charge in [0.2, 0.25) is 0 Å². The molecule has 0 unspecified atom stereocenters. The number of ether oxygens (including phenoxy) is 4. The zero-order chi connectivity index (χ0) is 27.9. The molecule has 2 saturated heterocycles. The Balaban J connectivity index is 1.13. The van der Waals surface area contributed by atoms with Gasteiger partial charge in [0.05, 0.1) is 16.4 Å². The zero-order valence-electron chi connectivity index (χ0n) is 21.5. The lowest BCUT2D eigenvalue weighted by Crippen LogP contribution is -2.35. The first kappa shape index (κ1) is 26.9. The highest BCUT2D eigenvalue weighted by atomic mass is 32.2. The van der Waals surface area contributed by atoms with E-state index in [4.69, 9.17) is 27.7 Å². The Kier molecular flexibility index (Phi) is 7.14. The van der Waals surface area contributed by atoms with Crippen LogP contribution in [0.5, 0.6) is 0 Å². The van der Waals surface area contributed by atoms with Crippen LogP contribution in [0.4, 0.5) is 5.69 Å². The molecular weight excluding hydrogens is 546 g/mol. The molecule has 3 aliphatic rings. The second kappa shape index (κ2) is 10.6. The van der Waals surface area contributed by atoms with E-state index in [1.165, 1.54) is 36.4 Å². The molecule has 1 spiro atoms. The van der Waals surface area contributed by atoms with Crippen molar-refractivity contribution < 1.29 is 41.0 Å². The monoisotopic (exact) mass is 573 g/mol. The Morgan fingerprint density at radius 3 is 2.45 bits per heavy atom. The van der Waals surface area contributed by atoms with Crippen LogP contribution in [-0.2, 0) is 39.9 Å². The molecule has 3 fully saturated rings. The summed E-state index contributed by atoms with van der Waals surface area (Å²) in [6.45, 7) is 1.50. The Labute approximate surface area is 229 Å². The van der Waals surface area contributed by atoms with E-state index in [1.54, 1.807) is 12.1 Å². The number of non-ortho nitro benzene ring substituents is 1. The average Bonchev–Trinajstić information content (AvgIpc) is 3.73. The molecule has 2 aliphatic heterocycles. The van der Waals surface area contributed by atoms with Crippen molar-refractivity contribution in [3.05, 3.63) is 70.0 Å².